The van der Waals surface area contributed by atoms with Crippen LogP contribution in [0.3, 0.4) is 0 Å². The second-order valence-electron chi connectivity index (χ2n) is 7.47. The average Bonchev–Trinajstić information content (AvgIpc) is 3.38. The van der Waals surface area contributed by atoms with Gasteiger partial charge < -0.3 is 9.73 Å². The highest BCUT2D eigenvalue weighted by Crippen LogP contribution is 2.33. The molecule has 29 heavy (non-hydrogen) atoms. The summed E-state index contributed by atoms with van der Waals surface area (Å²) < 4.78 is 5.50. The SMILES string of the molecule is CC1(C)NC(=O)N(CC(=O)N2N=C(c3ccc(Cl)cc3)C[C@H]2c2ccco2)C1=O. The maximum atomic E-state index is 13.0. The monoisotopic (exact) mass is 414 g/mol. The smallest absolute Gasteiger partial charge is 0.325 e. The molecule has 8 nitrogen and oxygen atoms in total. The number of halogens is 1. The van der Waals surface area contributed by atoms with Gasteiger partial charge in [-0.1, -0.05) is 23.7 Å². The van der Waals surface area contributed by atoms with Crippen molar-refractivity contribution < 1.29 is 18.8 Å². The fraction of sp³-hybridized carbons (Fsp3) is 0.300. The number of carbonyl (C=O) groups excluding carboxylic acids is 3. The van der Waals surface area contributed by atoms with Gasteiger partial charge in [0.25, 0.3) is 11.8 Å². The number of carbonyl (C=O) groups is 3. The summed E-state index contributed by atoms with van der Waals surface area (Å²) in [5, 5.41) is 8.94. The highest BCUT2D eigenvalue weighted by atomic mass is 35.5. The topological polar surface area (TPSA) is 95.2 Å². The highest BCUT2D eigenvalue weighted by molar-refractivity contribution is 6.30. The predicted molar refractivity (Wildman–Crippen MR) is 105 cm³/mol. The lowest BCUT2D eigenvalue weighted by Crippen LogP contribution is -2.43. The van der Waals surface area contributed by atoms with Gasteiger partial charge in [0.05, 0.1) is 12.0 Å². The largest absolute Gasteiger partial charge is 0.467 e. The van der Waals surface area contributed by atoms with Crippen molar-refractivity contribution in [1.82, 2.24) is 15.2 Å². The second-order valence-corrected chi connectivity index (χ2v) is 7.91. The molecule has 0 aliphatic carbocycles. The summed E-state index contributed by atoms with van der Waals surface area (Å²) in [5.41, 5.74) is 0.479. The van der Waals surface area contributed by atoms with Gasteiger partial charge in [0.2, 0.25) is 0 Å². The maximum absolute atomic E-state index is 13.0. The van der Waals surface area contributed by atoms with E-state index in [1.807, 2.05) is 12.1 Å². The third-order valence-electron chi connectivity index (χ3n) is 4.95. The van der Waals surface area contributed by atoms with Gasteiger partial charge in [-0.15, -0.1) is 0 Å². The van der Waals surface area contributed by atoms with Crippen LogP contribution < -0.4 is 5.32 Å². The molecular weight excluding hydrogens is 396 g/mol. The van der Waals surface area contributed by atoms with Crippen LogP contribution in [0.4, 0.5) is 4.79 Å². The quantitative estimate of drug-likeness (QED) is 0.778. The van der Waals surface area contributed by atoms with E-state index in [2.05, 4.69) is 10.4 Å². The molecule has 3 heterocycles. The van der Waals surface area contributed by atoms with E-state index in [1.165, 1.54) is 11.3 Å². The van der Waals surface area contributed by atoms with E-state index in [0.717, 1.165) is 10.5 Å². The number of hydrogen-bond donors (Lipinski definition) is 1. The van der Waals surface area contributed by atoms with Gasteiger partial charge in [0.1, 0.15) is 23.9 Å². The lowest BCUT2D eigenvalue weighted by molar-refractivity contribution is -0.139. The predicted octanol–water partition coefficient (Wildman–Crippen LogP) is 2.94. The first kappa shape index (κ1) is 19.2. The molecule has 0 spiro atoms. The van der Waals surface area contributed by atoms with Crippen LogP contribution in [0.1, 0.15) is 37.6 Å². The number of benzene rings is 1. The zero-order valence-electron chi connectivity index (χ0n) is 15.9. The lowest BCUT2D eigenvalue weighted by Gasteiger charge is -2.22. The number of imide groups is 1. The molecule has 1 atom stereocenters. The Kier molecular flexibility index (Phi) is 4.66. The van der Waals surface area contributed by atoms with Crippen molar-refractivity contribution in [2.45, 2.75) is 31.8 Å². The molecule has 1 saturated heterocycles. The van der Waals surface area contributed by atoms with Gasteiger partial charge in [0.15, 0.2) is 0 Å². The minimum absolute atomic E-state index is 0.400. The molecule has 1 N–H and O–H groups in total. The van der Waals surface area contributed by atoms with Crippen LogP contribution in [-0.4, -0.2) is 45.5 Å². The van der Waals surface area contributed by atoms with Gasteiger partial charge in [-0.25, -0.2) is 9.80 Å². The van der Waals surface area contributed by atoms with Crippen LogP contribution >= 0.6 is 11.6 Å². The Hall–Kier alpha value is -3.13. The van der Waals surface area contributed by atoms with E-state index < -0.39 is 36.0 Å². The number of hydrogen-bond acceptors (Lipinski definition) is 5. The summed E-state index contributed by atoms with van der Waals surface area (Å²) in [4.78, 5) is 38.5. The normalized spacial score (nSPS) is 20.8. The number of furan rings is 1. The highest BCUT2D eigenvalue weighted by Gasteiger charge is 2.46. The number of nitrogens with zero attached hydrogens (tertiary/aromatic N) is 3. The number of rotatable bonds is 4. The molecule has 1 fully saturated rings. The standard InChI is InChI=1S/C20H19ClN4O4/c1-20(2)18(27)24(19(28)22-20)11-17(26)25-15(16-4-3-9-29-16)10-14(23-25)12-5-7-13(21)8-6-12/h3-9,15H,10-11H2,1-2H3,(H,22,28)/t15-/m0/s1. The Balaban J connectivity index is 1.61. The third-order valence-corrected chi connectivity index (χ3v) is 5.20. The van der Waals surface area contributed by atoms with E-state index in [4.69, 9.17) is 16.0 Å². The summed E-state index contributed by atoms with van der Waals surface area (Å²) in [5.74, 6) is -0.355. The van der Waals surface area contributed by atoms with Gasteiger partial charge in [-0.05, 0) is 43.7 Å². The molecule has 0 saturated carbocycles. The summed E-state index contributed by atoms with van der Waals surface area (Å²) in [6, 6.07) is 9.60. The summed E-state index contributed by atoms with van der Waals surface area (Å²) in [6.07, 6.45) is 1.96. The number of amides is 4. The Morgan fingerprint density at radius 2 is 2.00 bits per heavy atom. The van der Waals surface area contributed by atoms with Crippen molar-refractivity contribution in [3.63, 3.8) is 0 Å². The minimum atomic E-state index is -1.04. The van der Waals surface area contributed by atoms with Crippen molar-refractivity contribution in [2.75, 3.05) is 6.54 Å². The fourth-order valence-electron chi connectivity index (χ4n) is 3.43. The van der Waals surface area contributed by atoms with Gasteiger partial charge in [0, 0.05) is 11.4 Å². The van der Waals surface area contributed by atoms with E-state index >= 15 is 0 Å². The lowest BCUT2D eigenvalue weighted by atomic mass is 10.0. The molecule has 0 radical (unpaired) electrons. The molecule has 1 aromatic carbocycles. The zero-order chi connectivity index (χ0) is 20.8. The molecular formula is C20H19ClN4O4. The van der Waals surface area contributed by atoms with Crippen molar-refractivity contribution in [1.29, 1.82) is 0 Å². The molecule has 0 unspecified atom stereocenters. The number of hydrazone groups is 1. The van der Waals surface area contributed by atoms with Gasteiger partial charge in [-0.2, -0.15) is 5.10 Å². The molecule has 0 bridgehead atoms. The molecule has 9 heteroatoms. The van der Waals surface area contributed by atoms with E-state index in [0.29, 0.717) is 22.9 Å². The molecule has 4 rings (SSSR count). The molecule has 4 amide bonds. The summed E-state index contributed by atoms with van der Waals surface area (Å²) in [6.45, 7) is 2.79. The summed E-state index contributed by atoms with van der Waals surface area (Å²) >= 11 is 5.96. The molecule has 2 aliphatic heterocycles. The van der Waals surface area contributed by atoms with Crippen molar-refractivity contribution >= 4 is 35.2 Å². The zero-order valence-corrected chi connectivity index (χ0v) is 16.6. The van der Waals surface area contributed by atoms with Crippen molar-refractivity contribution in [3.05, 3.63) is 59.0 Å². The minimum Gasteiger partial charge on any atom is -0.467 e. The second kappa shape index (κ2) is 7.04. The fourth-order valence-corrected chi connectivity index (χ4v) is 3.55. The molecule has 2 aromatic rings. The third kappa shape index (κ3) is 3.51. The van der Waals surface area contributed by atoms with Crippen LogP contribution in [0, 0.1) is 0 Å². The van der Waals surface area contributed by atoms with Crippen LogP contribution in [-0.2, 0) is 9.59 Å². The Morgan fingerprint density at radius 1 is 1.28 bits per heavy atom. The number of nitrogens with one attached hydrogen (secondary N) is 1. The van der Waals surface area contributed by atoms with Crippen LogP contribution in [0.25, 0.3) is 0 Å². The van der Waals surface area contributed by atoms with Gasteiger partial charge >= 0.3 is 6.03 Å². The van der Waals surface area contributed by atoms with E-state index in [-0.39, 0.29) is 0 Å². The van der Waals surface area contributed by atoms with Gasteiger partial charge in [-0.3, -0.25) is 14.5 Å². The van der Waals surface area contributed by atoms with E-state index in [1.54, 1.807) is 38.1 Å². The molecule has 2 aliphatic rings. The van der Waals surface area contributed by atoms with Crippen LogP contribution in [0.2, 0.25) is 5.02 Å². The first-order valence-electron chi connectivity index (χ1n) is 9.09. The molecule has 1 aromatic heterocycles. The van der Waals surface area contributed by atoms with Crippen LogP contribution in [0.5, 0.6) is 0 Å². The number of urea groups is 1. The first-order chi connectivity index (χ1) is 13.8. The first-order valence-corrected chi connectivity index (χ1v) is 9.47. The summed E-state index contributed by atoms with van der Waals surface area (Å²) in [7, 11) is 0. The Labute approximate surface area is 172 Å². The van der Waals surface area contributed by atoms with Crippen molar-refractivity contribution in [3.8, 4) is 0 Å². The average molecular weight is 415 g/mol. The van der Waals surface area contributed by atoms with Crippen LogP contribution in [0.15, 0.2) is 52.2 Å². The maximum Gasteiger partial charge on any atom is 0.325 e. The van der Waals surface area contributed by atoms with E-state index in [9.17, 15) is 14.4 Å². The Morgan fingerprint density at radius 3 is 2.59 bits per heavy atom. The molecule has 150 valence electrons. The van der Waals surface area contributed by atoms with Crippen molar-refractivity contribution in [2.24, 2.45) is 5.10 Å². The Bertz CT molecular complexity index is 998.